The summed E-state index contributed by atoms with van der Waals surface area (Å²) in [6, 6.07) is 12.8. The maximum absolute atomic E-state index is 12.7. The highest BCUT2D eigenvalue weighted by Crippen LogP contribution is 2.19. The molecular weight excluding hydrogens is 458 g/mol. The molecule has 1 heterocycles. The Labute approximate surface area is 197 Å². The van der Waals surface area contributed by atoms with Crippen molar-refractivity contribution < 1.29 is 22.8 Å². The van der Waals surface area contributed by atoms with Crippen LogP contribution in [0.5, 0.6) is 0 Å². The lowest BCUT2D eigenvalue weighted by molar-refractivity contribution is -0.131. The predicted octanol–water partition coefficient (Wildman–Crippen LogP) is 0.992. The van der Waals surface area contributed by atoms with Gasteiger partial charge >= 0.3 is 0 Å². The SMILES string of the molecule is CC(=O)N[C@@H](Cc1c[nH]c2ccccc12)C(=O)NNC(=O)CN(C)S(=O)(=O)c1ccc(C)cc1. The number of aromatic nitrogens is 1. The molecule has 3 aromatic rings. The highest BCUT2D eigenvalue weighted by molar-refractivity contribution is 7.89. The third kappa shape index (κ3) is 6.00. The lowest BCUT2D eigenvalue weighted by Crippen LogP contribution is -2.54. The van der Waals surface area contributed by atoms with Gasteiger partial charge in [0.2, 0.25) is 15.9 Å². The topological polar surface area (TPSA) is 140 Å². The molecule has 1 atom stereocenters. The van der Waals surface area contributed by atoms with Crippen LogP contribution in [0.2, 0.25) is 0 Å². The quantitative estimate of drug-likeness (QED) is 0.352. The Kier molecular flexibility index (Phi) is 7.69. The van der Waals surface area contributed by atoms with E-state index in [0.717, 1.165) is 26.3 Å². The fraction of sp³-hybridized carbons (Fsp3) is 0.261. The Bertz CT molecular complexity index is 1300. The van der Waals surface area contributed by atoms with Gasteiger partial charge in [-0.3, -0.25) is 25.2 Å². The molecule has 0 aliphatic heterocycles. The Balaban J connectivity index is 1.61. The molecule has 0 saturated carbocycles. The van der Waals surface area contributed by atoms with E-state index in [0.29, 0.717) is 0 Å². The van der Waals surface area contributed by atoms with Gasteiger partial charge < -0.3 is 10.3 Å². The zero-order valence-electron chi connectivity index (χ0n) is 19.1. The molecule has 10 nitrogen and oxygen atoms in total. The molecular formula is C23H27N5O5S. The molecule has 11 heteroatoms. The van der Waals surface area contributed by atoms with Crippen LogP contribution in [0.4, 0.5) is 0 Å². The van der Waals surface area contributed by atoms with Gasteiger partial charge in [0.05, 0.1) is 11.4 Å². The molecule has 0 radical (unpaired) electrons. The van der Waals surface area contributed by atoms with E-state index < -0.39 is 40.3 Å². The van der Waals surface area contributed by atoms with Crippen LogP contribution in [-0.2, 0) is 30.8 Å². The average Bonchev–Trinajstić information content (AvgIpc) is 3.20. The smallest absolute Gasteiger partial charge is 0.261 e. The first-order chi connectivity index (χ1) is 16.1. The van der Waals surface area contributed by atoms with Crippen molar-refractivity contribution in [2.24, 2.45) is 0 Å². The van der Waals surface area contributed by atoms with Gasteiger partial charge in [0.1, 0.15) is 6.04 Å². The summed E-state index contributed by atoms with van der Waals surface area (Å²) in [5, 5.41) is 3.49. The Hall–Kier alpha value is -3.70. The van der Waals surface area contributed by atoms with Crippen LogP contribution in [0.3, 0.4) is 0 Å². The first kappa shape index (κ1) is 24.9. The number of carbonyl (C=O) groups is 3. The van der Waals surface area contributed by atoms with Gasteiger partial charge in [-0.2, -0.15) is 4.31 Å². The highest BCUT2D eigenvalue weighted by atomic mass is 32.2. The standard InChI is InChI=1S/C23H27N5O5S/c1-15-8-10-18(11-9-15)34(32,33)28(3)14-22(30)26-27-23(31)21(25-16(2)29)12-17-13-24-20-7-5-4-6-19(17)20/h4-11,13,21,24H,12,14H2,1-3H3,(H,25,29)(H,26,30)(H,27,31)/t21-/m0/s1. The van der Waals surface area contributed by atoms with Crippen molar-refractivity contribution in [3.8, 4) is 0 Å². The number of carbonyl (C=O) groups excluding carboxylic acids is 3. The number of aromatic amines is 1. The molecule has 180 valence electrons. The van der Waals surface area contributed by atoms with Gasteiger partial charge in [-0.1, -0.05) is 35.9 Å². The summed E-state index contributed by atoms with van der Waals surface area (Å²) in [5.74, 6) is -1.78. The number of fused-ring (bicyclic) bond motifs is 1. The molecule has 0 bridgehead atoms. The summed E-state index contributed by atoms with van der Waals surface area (Å²) >= 11 is 0. The number of benzene rings is 2. The molecule has 1 aromatic heterocycles. The highest BCUT2D eigenvalue weighted by Gasteiger charge is 2.25. The minimum atomic E-state index is -3.88. The van der Waals surface area contributed by atoms with E-state index in [1.807, 2.05) is 31.2 Å². The molecule has 0 fully saturated rings. The fourth-order valence-electron chi connectivity index (χ4n) is 3.41. The van der Waals surface area contributed by atoms with Gasteiger partial charge in [-0.15, -0.1) is 0 Å². The first-order valence-electron chi connectivity index (χ1n) is 10.5. The molecule has 34 heavy (non-hydrogen) atoms. The lowest BCUT2D eigenvalue weighted by atomic mass is 10.0. The molecule has 0 spiro atoms. The van der Waals surface area contributed by atoms with E-state index in [4.69, 9.17) is 0 Å². The van der Waals surface area contributed by atoms with Crippen molar-refractivity contribution in [3.63, 3.8) is 0 Å². The number of hydrogen-bond acceptors (Lipinski definition) is 5. The van der Waals surface area contributed by atoms with Crippen molar-refractivity contribution in [2.75, 3.05) is 13.6 Å². The summed E-state index contributed by atoms with van der Waals surface area (Å²) in [5.41, 5.74) is 7.10. The summed E-state index contributed by atoms with van der Waals surface area (Å²) in [4.78, 5) is 39.8. The molecule has 0 aliphatic carbocycles. The van der Waals surface area contributed by atoms with Crippen molar-refractivity contribution in [1.29, 1.82) is 0 Å². The molecule has 3 amide bonds. The summed E-state index contributed by atoms with van der Waals surface area (Å²) in [6.45, 7) is 2.62. The molecule has 3 rings (SSSR count). The molecule has 0 saturated heterocycles. The average molecular weight is 486 g/mol. The second kappa shape index (κ2) is 10.5. The number of sulfonamides is 1. The second-order valence-corrected chi connectivity index (χ2v) is 9.97. The van der Waals surface area contributed by atoms with Gasteiger partial charge in [-0.05, 0) is 30.7 Å². The number of hydrazine groups is 1. The van der Waals surface area contributed by atoms with Crippen LogP contribution < -0.4 is 16.2 Å². The van der Waals surface area contributed by atoms with E-state index in [9.17, 15) is 22.8 Å². The maximum Gasteiger partial charge on any atom is 0.261 e. The number of aryl methyl sites for hydroxylation is 1. The molecule has 4 N–H and O–H groups in total. The number of amides is 3. The fourth-order valence-corrected chi connectivity index (χ4v) is 4.54. The number of hydrogen-bond donors (Lipinski definition) is 4. The summed E-state index contributed by atoms with van der Waals surface area (Å²) in [6.07, 6.45) is 1.95. The zero-order valence-corrected chi connectivity index (χ0v) is 19.9. The van der Waals surface area contributed by atoms with E-state index in [1.165, 1.54) is 26.1 Å². The van der Waals surface area contributed by atoms with E-state index in [1.54, 1.807) is 18.3 Å². The molecule has 2 aromatic carbocycles. The molecule has 0 aliphatic rings. The second-order valence-electron chi connectivity index (χ2n) is 7.93. The van der Waals surface area contributed by atoms with Gasteiger partial charge in [0.25, 0.3) is 11.8 Å². The third-order valence-electron chi connectivity index (χ3n) is 5.21. The minimum Gasteiger partial charge on any atom is -0.361 e. The van der Waals surface area contributed by atoms with Crippen LogP contribution in [0.1, 0.15) is 18.1 Å². The van der Waals surface area contributed by atoms with Crippen molar-refractivity contribution in [3.05, 3.63) is 65.9 Å². The van der Waals surface area contributed by atoms with Gasteiger partial charge in [0, 0.05) is 37.5 Å². The van der Waals surface area contributed by atoms with Crippen LogP contribution >= 0.6 is 0 Å². The van der Waals surface area contributed by atoms with E-state index >= 15 is 0 Å². The number of nitrogens with zero attached hydrogens (tertiary/aromatic N) is 1. The molecule has 0 unspecified atom stereocenters. The van der Waals surface area contributed by atoms with Gasteiger partial charge in [0.15, 0.2) is 0 Å². The van der Waals surface area contributed by atoms with Crippen molar-refractivity contribution in [2.45, 2.75) is 31.2 Å². The normalized spacial score (nSPS) is 12.4. The third-order valence-corrected chi connectivity index (χ3v) is 7.03. The monoisotopic (exact) mass is 485 g/mol. The lowest BCUT2D eigenvalue weighted by Gasteiger charge is -2.19. The summed E-state index contributed by atoms with van der Waals surface area (Å²) in [7, 11) is -2.61. The van der Waals surface area contributed by atoms with Crippen LogP contribution in [0.15, 0.2) is 59.6 Å². The Morgan fingerprint density at radius 3 is 2.38 bits per heavy atom. The van der Waals surface area contributed by atoms with E-state index in [2.05, 4.69) is 21.2 Å². The van der Waals surface area contributed by atoms with Gasteiger partial charge in [-0.25, -0.2) is 8.42 Å². The van der Waals surface area contributed by atoms with Crippen molar-refractivity contribution in [1.82, 2.24) is 25.5 Å². The number of likely N-dealkylation sites (N-methyl/N-ethyl adjacent to an activating group) is 1. The number of nitrogens with one attached hydrogen (secondary N) is 4. The minimum absolute atomic E-state index is 0.0573. The van der Waals surface area contributed by atoms with E-state index in [-0.39, 0.29) is 11.3 Å². The number of para-hydroxylation sites is 1. The van der Waals surface area contributed by atoms with Crippen LogP contribution in [0, 0.1) is 6.92 Å². The van der Waals surface area contributed by atoms with Crippen LogP contribution in [-0.4, -0.2) is 55.1 Å². The predicted molar refractivity (Wildman–Crippen MR) is 127 cm³/mol. The maximum atomic E-state index is 12.7. The van der Waals surface area contributed by atoms with Crippen molar-refractivity contribution >= 4 is 38.6 Å². The number of H-pyrrole nitrogens is 1. The number of rotatable bonds is 8. The Morgan fingerprint density at radius 2 is 1.71 bits per heavy atom. The van der Waals surface area contributed by atoms with Crippen LogP contribution in [0.25, 0.3) is 10.9 Å². The summed E-state index contributed by atoms with van der Waals surface area (Å²) < 4.78 is 26.2. The Morgan fingerprint density at radius 1 is 1.03 bits per heavy atom. The zero-order chi connectivity index (χ0) is 24.9. The first-order valence-corrected chi connectivity index (χ1v) is 12.0. The largest absolute Gasteiger partial charge is 0.361 e.